The first-order valence-electron chi connectivity index (χ1n) is 20.5. The quantitative estimate of drug-likeness (QED) is 0.0893. The molecular formula is C52H43ClN14. The number of hydrogen-bond donors (Lipinski definition) is 4. The Morgan fingerprint density at radius 2 is 1.01 bits per heavy atom. The van der Waals surface area contributed by atoms with Crippen molar-refractivity contribution >= 4 is 74.8 Å². The molecule has 4 aromatic carbocycles. The van der Waals surface area contributed by atoms with Gasteiger partial charge in [0.15, 0.2) is 0 Å². The van der Waals surface area contributed by atoms with Crippen molar-refractivity contribution in [1.29, 1.82) is 21.0 Å². The number of halogens is 1. The highest BCUT2D eigenvalue weighted by Gasteiger charge is 2.18. The van der Waals surface area contributed by atoms with Crippen molar-refractivity contribution in [3.8, 4) is 46.5 Å². The van der Waals surface area contributed by atoms with E-state index in [-0.39, 0.29) is 5.28 Å². The van der Waals surface area contributed by atoms with Crippen LogP contribution in [0.15, 0.2) is 97.3 Å². The second kappa shape index (κ2) is 21.0. The minimum absolute atomic E-state index is 0.138. The maximum Gasteiger partial charge on any atom is 0.230 e. The zero-order valence-electron chi connectivity index (χ0n) is 37.5. The number of benzene rings is 4. The zero-order chi connectivity index (χ0) is 48.4. The first kappa shape index (κ1) is 47.3. The Morgan fingerprint density at radius 3 is 1.45 bits per heavy atom. The maximum absolute atomic E-state index is 8.97. The summed E-state index contributed by atoms with van der Waals surface area (Å²) in [6.45, 7) is 12.2. The molecule has 0 aliphatic rings. The summed E-state index contributed by atoms with van der Waals surface area (Å²) in [6.07, 6.45) is 9.47. The number of hydrogen-bond acceptors (Lipinski definition) is 14. The Kier molecular flexibility index (Phi) is 14.8. The van der Waals surface area contributed by atoms with Gasteiger partial charge in [0.25, 0.3) is 0 Å². The first-order chi connectivity index (χ1) is 32.1. The van der Waals surface area contributed by atoms with Gasteiger partial charge in [0.05, 0.1) is 34.3 Å². The largest absolute Gasteiger partial charge is 0.384 e. The lowest BCUT2D eigenvalue weighted by Gasteiger charge is -2.16. The lowest BCUT2D eigenvalue weighted by atomic mass is 9.91. The first-order valence-corrected chi connectivity index (χ1v) is 20.9. The Balaban J connectivity index is 0.000000191. The molecule has 0 unspecified atom stereocenters. The molecular weight excluding hydrogens is 856 g/mol. The van der Waals surface area contributed by atoms with Crippen LogP contribution in [0.2, 0.25) is 5.28 Å². The predicted molar refractivity (Wildman–Crippen MR) is 267 cm³/mol. The van der Waals surface area contributed by atoms with Gasteiger partial charge in [-0.15, -0.1) is 0 Å². The summed E-state index contributed by atoms with van der Waals surface area (Å²) < 4.78 is 0. The SMILES string of the molecule is Cc1cc(-c2c(C)cc(/C=C/C#N)cc2C)c2nc(Cl)nc(N)c2c1.Cc1cc(-c2c(C)cc(/C=C/C#N)cc2C)c2nc(Nc3ccc(C#N)cn3)nc(N)c2c1.N#Cc1ccc(N)nc1. The van der Waals surface area contributed by atoms with Crippen LogP contribution < -0.4 is 22.5 Å². The molecule has 0 bridgehead atoms. The lowest BCUT2D eigenvalue weighted by Crippen LogP contribution is -2.04. The monoisotopic (exact) mass is 898 g/mol. The standard InChI is InChI=1S/C26H21N7.C20H17ClN4.C6H5N3/c1-15-9-20(23-16(2)11-18(5-4-8-27)12-17(23)3)24-21(10-15)25(29)33-26(32-24)31-22-7-6-19(13-28)14-30-22;1-11-7-15(18-16(8-11)19(23)25-20(21)24-18)17-12(2)9-14(5-4-6-22)10-13(17)3;7-3-5-1-2-6(8)9-4-5/h4-7,9-12,14H,1-3H3,(H3,29,30,31,32,33);4-5,7-10H,1-3H3,(H2,23,24,25);1-2,4H,(H2,8,9)/b2*5-4+;. The average molecular weight is 899 g/mol. The molecule has 0 saturated heterocycles. The number of pyridine rings is 2. The van der Waals surface area contributed by atoms with Crippen molar-refractivity contribution in [2.75, 3.05) is 22.5 Å². The molecule has 0 saturated carbocycles. The number of nitrogen functional groups attached to an aromatic ring is 3. The molecule has 8 aromatic rings. The van der Waals surface area contributed by atoms with Gasteiger partial charge in [-0.2, -0.15) is 26.0 Å². The number of fused-ring (bicyclic) bond motifs is 2. The molecule has 14 nitrogen and oxygen atoms in total. The summed E-state index contributed by atoms with van der Waals surface area (Å²) in [5.74, 6) is 2.02. The third-order valence-corrected chi connectivity index (χ3v) is 10.5. The van der Waals surface area contributed by atoms with E-state index in [1.54, 1.807) is 36.4 Å². The van der Waals surface area contributed by atoms with E-state index in [0.29, 0.717) is 40.3 Å². The van der Waals surface area contributed by atoms with Crippen LogP contribution >= 0.6 is 11.6 Å². The molecule has 8 rings (SSSR count). The van der Waals surface area contributed by atoms with Gasteiger partial charge in [-0.1, -0.05) is 24.3 Å². The van der Waals surface area contributed by atoms with Gasteiger partial charge in [-0.05, 0) is 169 Å². The molecule has 0 atom stereocenters. The number of anilines is 5. The fourth-order valence-electron chi connectivity index (χ4n) is 7.63. The molecule has 7 N–H and O–H groups in total. The molecule has 0 aliphatic heterocycles. The molecule has 15 heteroatoms. The van der Waals surface area contributed by atoms with Gasteiger partial charge < -0.3 is 22.5 Å². The topological polar surface area (TPSA) is 263 Å². The Hall–Kier alpha value is -9.21. The molecule has 0 fully saturated rings. The summed E-state index contributed by atoms with van der Waals surface area (Å²) in [4.78, 5) is 25.6. The van der Waals surface area contributed by atoms with Crippen LogP contribution in [0.1, 0.15) is 55.6 Å². The van der Waals surface area contributed by atoms with Crippen molar-refractivity contribution in [1.82, 2.24) is 29.9 Å². The fraction of sp³-hybridized carbons (Fsp3) is 0.115. The third-order valence-electron chi connectivity index (χ3n) is 10.3. The summed E-state index contributed by atoms with van der Waals surface area (Å²) in [7, 11) is 0. The molecule has 0 amide bonds. The second-order valence-corrected chi connectivity index (χ2v) is 15.8. The van der Waals surface area contributed by atoms with Crippen LogP contribution in [-0.2, 0) is 0 Å². The lowest BCUT2D eigenvalue weighted by molar-refractivity contribution is 1.18. The van der Waals surface area contributed by atoms with Crippen LogP contribution in [0.4, 0.5) is 29.2 Å². The van der Waals surface area contributed by atoms with Crippen molar-refractivity contribution in [3.63, 3.8) is 0 Å². The van der Waals surface area contributed by atoms with Gasteiger partial charge >= 0.3 is 0 Å². The number of rotatable bonds is 6. The summed E-state index contributed by atoms with van der Waals surface area (Å²) in [5.41, 5.74) is 32.6. The van der Waals surface area contributed by atoms with Gasteiger partial charge in [0.2, 0.25) is 11.2 Å². The van der Waals surface area contributed by atoms with Gasteiger partial charge in [-0.25, -0.2) is 24.9 Å². The minimum atomic E-state index is 0.138. The number of nitrogens with zero attached hydrogens (tertiary/aromatic N) is 10. The van der Waals surface area contributed by atoms with Crippen LogP contribution in [0.5, 0.6) is 0 Å². The molecule has 4 heterocycles. The molecule has 67 heavy (non-hydrogen) atoms. The van der Waals surface area contributed by atoms with Gasteiger partial charge in [0.1, 0.15) is 35.4 Å². The summed E-state index contributed by atoms with van der Waals surface area (Å²) in [6, 6.07) is 31.0. The Morgan fingerprint density at radius 1 is 0.552 bits per heavy atom. The highest BCUT2D eigenvalue weighted by atomic mass is 35.5. The van der Waals surface area contributed by atoms with Gasteiger partial charge in [0, 0.05) is 46.4 Å². The maximum atomic E-state index is 8.97. The van der Waals surface area contributed by atoms with E-state index in [2.05, 4.69) is 66.6 Å². The molecule has 0 spiro atoms. The third kappa shape index (κ3) is 11.3. The zero-order valence-corrected chi connectivity index (χ0v) is 38.2. The number of aromatic nitrogens is 6. The second-order valence-electron chi connectivity index (χ2n) is 15.5. The summed E-state index contributed by atoms with van der Waals surface area (Å²) >= 11 is 6.04. The Labute approximate surface area is 393 Å². The number of allylic oxidation sites excluding steroid dienone is 2. The highest BCUT2D eigenvalue weighted by molar-refractivity contribution is 6.29. The highest BCUT2D eigenvalue weighted by Crippen LogP contribution is 2.38. The van der Waals surface area contributed by atoms with E-state index in [1.807, 2.05) is 78.0 Å². The number of nitrogens with two attached hydrogens (primary N) is 3. The average Bonchev–Trinajstić information content (AvgIpc) is 3.29. The van der Waals surface area contributed by atoms with Crippen molar-refractivity contribution in [3.05, 3.63) is 158 Å². The van der Waals surface area contributed by atoms with E-state index in [9.17, 15) is 0 Å². The van der Waals surface area contributed by atoms with E-state index < -0.39 is 0 Å². The van der Waals surface area contributed by atoms with Crippen LogP contribution in [-0.4, -0.2) is 29.9 Å². The normalized spacial score (nSPS) is 10.6. The van der Waals surface area contributed by atoms with E-state index in [0.717, 1.165) is 88.6 Å². The van der Waals surface area contributed by atoms with E-state index in [4.69, 9.17) is 54.8 Å². The van der Waals surface area contributed by atoms with E-state index >= 15 is 0 Å². The number of nitriles is 4. The van der Waals surface area contributed by atoms with Crippen LogP contribution in [0.3, 0.4) is 0 Å². The minimum Gasteiger partial charge on any atom is -0.384 e. The fourth-order valence-corrected chi connectivity index (χ4v) is 7.81. The number of aryl methyl sites for hydroxylation is 6. The van der Waals surface area contributed by atoms with Crippen molar-refractivity contribution in [2.24, 2.45) is 0 Å². The number of nitrogens with one attached hydrogen (secondary N) is 1. The van der Waals surface area contributed by atoms with Crippen LogP contribution in [0.25, 0.3) is 56.2 Å². The van der Waals surface area contributed by atoms with Crippen molar-refractivity contribution in [2.45, 2.75) is 41.5 Å². The molecule has 328 valence electrons. The predicted octanol–water partition coefficient (Wildman–Crippen LogP) is 10.9. The Bertz CT molecular complexity index is 3380. The van der Waals surface area contributed by atoms with Gasteiger partial charge in [-0.3, -0.25) is 0 Å². The molecule has 0 aliphatic carbocycles. The molecule has 0 radical (unpaired) electrons. The van der Waals surface area contributed by atoms with Crippen molar-refractivity contribution < 1.29 is 0 Å². The molecule has 4 aromatic heterocycles. The smallest absolute Gasteiger partial charge is 0.230 e. The van der Waals surface area contributed by atoms with Crippen LogP contribution in [0, 0.1) is 86.9 Å². The van der Waals surface area contributed by atoms with E-state index in [1.165, 1.54) is 24.5 Å². The summed E-state index contributed by atoms with van der Waals surface area (Å²) in [5, 5.41) is 39.6.